The molecular formula is C22H19FN6O. The maximum absolute atomic E-state index is 14.6. The molecule has 2 unspecified atom stereocenters. The van der Waals surface area contributed by atoms with Crippen LogP contribution < -0.4 is 5.32 Å². The van der Waals surface area contributed by atoms with E-state index in [0.29, 0.717) is 24.7 Å². The molecule has 2 atom stereocenters. The Morgan fingerprint density at radius 2 is 2.27 bits per heavy atom. The first-order valence-electron chi connectivity index (χ1n) is 9.75. The average Bonchev–Trinajstić information content (AvgIpc) is 3.39. The van der Waals surface area contributed by atoms with Gasteiger partial charge in [-0.15, -0.1) is 0 Å². The average molecular weight is 402 g/mol. The van der Waals surface area contributed by atoms with Crippen molar-refractivity contribution in [1.29, 1.82) is 5.26 Å². The van der Waals surface area contributed by atoms with E-state index in [1.54, 1.807) is 48.5 Å². The Hall–Kier alpha value is -3.73. The van der Waals surface area contributed by atoms with Crippen molar-refractivity contribution in [1.82, 2.24) is 19.7 Å². The third-order valence-electron chi connectivity index (χ3n) is 5.66. The van der Waals surface area contributed by atoms with Crippen LogP contribution in [0.25, 0.3) is 22.0 Å². The summed E-state index contributed by atoms with van der Waals surface area (Å²) in [6, 6.07) is 5.71. The van der Waals surface area contributed by atoms with Crippen LogP contribution in [-0.4, -0.2) is 39.1 Å². The van der Waals surface area contributed by atoms with E-state index < -0.39 is 6.17 Å². The minimum Gasteiger partial charge on any atom is -0.493 e. The van der Waals surface area contributed by atoms with E-state index in [-0.39, 0.29) is 5.92 Å². The van der Waals surface area contributed by atoms with Crippen LogP contribution in [0, 0.1) is 17.2 Å². The molecule has 0 saturated heterocycles. The number of anilines is 1. The summed E-state index contributed by atoms with van der Waals surface area (Å²) in [7, 11) is 1.79. The molecule has 0 spiro atoms. The van der Waals surface area contributed by atoms with Crippen LogP contribution in [-0.2, 0) is 11.8 Å². The number of fused-ring (bicyclic) bond motifs is 1. The molecule has 3 aromatic heterocycles. The monoisotopic (exact) mass is 402 g/mol. The first-order valence-corrected chi connectivity index (χ1v) is 9.75. The van der Waals surface area contributed by atoms with Crippen LogP contribution in [0.2, 0.25) is 0 Å². The zero-order valence-electron chi connectivity index (χ0n) is 16.3. The molecule has 1 aliphatic carbocycles. The Balaban J connectivity index is 1.49. The number of rotatable bonds is 4. The fraction of sp³-hybridized carbons (Fsp3) is 0.273. The fourth-order valence-electron chi connectivity index (χ4n) is 4.16. The van der Waals surface area contributed by atoms with Gasteiger partial charge in [0.15, 0.2) is 5.69 Å². The number of halogens is 1. The molecule has 30 heavy (non-hydrogen) atoms. The van der Waals surface area contributed by atoms with Crippen molar-refractivity contribution >= 4 is 16.6 Å². The van der Waals surface area contributed by atoms with Crippen LogP contribution in [0.1, 0.15) is 12.1 Å². The predicted octanol–water partition coefficient (Wildman–Crippen LogP) is 3.51. The Labute approximate surface area is 172 Å². The summed E-state index contributed by atoms with van der Waals surface area (Å²) in [6.45, 7) is 1.02. The van der Waals surface area contributed by atoms with Gasteiger partial charge in [-0.3, -0.25) is 9.67 Å². The van der Waals surface area contributed by atoms with Gasteiger partial charge in [0.2, 0.25) is 0 Å². The highest BCUT2D eigenvalue weighted by atomic mass is 19.1. The van der Waals surface area contributed by atoms with Gasteiger partial charge in [0.25, 0.3) is 0 Å². The molecule has 5 rings (SSSR count). The molecule has 4 heterocycles. The minimum absolute atomic E-state index is 0.282. The quantitative estimate of drug-likeness (QED) is 0.718. The Morgan fingerprint density at radius 1 is 1.37 bits per heavy atom. The second kappa shape index (κ2) is 7.26. The first kappa shape index (κ1) is 18.3. The van der Waals surface area contributed by atoms with Crippen molar-refractivity contribution in [3.05, 3.63) is 59.9 Å². The maximum Gasteiger partial charge on any atom is 0.163 e. The van der Waals surface area contributed by atoms with E-state index in [1.807, 2.05) is 6.07 Å². The second-order valence-corrected chi connectivity index (χ2v) is 7.37. The van der Waals surface area contributed by atoms with Crippen LogP contribution in [0.15, 0.2) is 54.2 Å². The molecule has 3 aromatic rings. The lowest BCUT2D eigenvalue weighted by atomic mass is 9.88. The Kier molecular flexibility index (Phi) is 4.43. The van der Waals surface area contributed by atoms with E-state index in [9.17, 15) is 4.39 Å². The van der Waals surface area contributed by atoms with Crippen LogP contribution >= 0.6 is 0 Å². The van der Waals surface area contributed by atoms with E-state index in [4.69, 9.17) is 10.00 Å². The molecule has 150 valence electrons. The number of nitriles is 1. The van der Waals surface area contributed by atoms with Gasteiger partial charge in [-0.05, 0) is 29.2 Å². The predicted molar refractivity (Wildman–Crippen MR) is 110 cm³/mol. The van der Waals surface area contributed by atoms with Crippen molar-refractivity contribution in [2.24, 2.45) is 13.0 Å². The van der Waals surface area contributed by atoms with E-state index in [0.717, 1.165) is 39.8 Å². The number of alkyl halides is 1. The van der Waals surface area contributed by atoms with Gasteiger partial charge in [0.1, 0.15) is 23.8 Å². The molecule has 0 bridgehead atoms. The smallest absolute Gasteiger partial charge is 0.163 e. The fourth-order valence-corrected chi connectivity index (χ4v) is 4.16. The number of hydrogen-bond donors (Lipinski definition) is 1. The van der Waals surface area contributed by atoms with Gasteiger partial charge in [0, 0.05) is 61.5 Å². The molecule has 2 aliphatic rings. The van der Waals surface area contributed by atoms with Crippen LogP contribution in [0.4, 0.5) is 10.2 Å². The van der Waals surface area contributed by atoms with Crippen molar-refractivity contribution in [3.63, 3.8) is 0 Å². The maximum atomic E-state index is 14.6. The number of aryl methyl sites for hydroxylation is 1. The highest BCUT2D eigenvalue weighted by Crippen LogP contribution is 2.36. The number of pyridine rings is 2. The van der Waals surface area contributed by atoms with Gasteiger partial charge in [-0.1, -0.05) is 0 Å². The summed E-state index contributed by atoms with van der Waals surface area (Å²) >= 11 is 0. The minimum atomic E-state index is -1.06. The molecule has 0 amide bonds. The topological polar surface area (TPSA) is 88.7 Å². The van der Waals surface area contributed by atoms with Gasteiger partial charge in [-0.2, -0.15) is 10.4 Å². The Bertz CT molecular complexity index is 1240. The van der Waals surface area contributed by atoms with Gasteiger partial charge < -0.3 is 10.1 Å². The largest absolute Gasteiger partial charge is 0.493 e. The zero-order chi connectivity index (χ0) is 20.7. The molecule has 1 N–H and O–H groups in total. The molecule has 0 radical (unpaired) electrons. The third-order valence-corrected chi connectivity index (χ3v) is 5.66. The van der Waals surface area contributed by atoms with Crippen molar-refractivity contribution < 1.29 is 9.13 Å². The summed E-state index contributed by atoms with van der Waals surface area (Å²) in [5.41, 5.74) is 3.02. The standard InChI is InChI=1S/C22H19FN6O/c1-29-20(8-13(9-24)28-29)17-12-27-22(18-10-25-6-4-14(17)18)26-11-16-15-5-7-30-21(15)3-2-19(16)23/h2-4,6,8,10,12,16,19H,5,7,11H2,1H3,(H,26,27). The van der Waals surface area contributed by atoms with Crippen molar-refractivity contribution in [3.8, 4) is 17.3 Å². The lowest BCUT2D eigenvalue weighted by Crippen LogP contribution is -2.27. The summed E-state index contributed by atoms with van der Waals surface area (Å²) in [4.78, 5) is 8.84. The first-order chi connectivity index (χ1) is 14.7. The number of hydrogen-bond acceptors (Lipinski definition) is 6. The lowest BCUT2D eigenvalue weighted by molar-refractivity contribution is 0.254. The summed E-state index contributed by atoms with van der Waals surface area (Å²) in [6.07, 6.45) is 8.20. The molecule has 0 fully saturated rings. The normalized spacial score (nSPS) is 20.2. The second-order valence-electron chi connectivity index (χ2n) is 7.37. The summed E-state index contributed by atoms with van der Waals surface area (Å²) in [5, 5.41) is 18.4. The van der Waals surface area contributed by atoms with Crippen LogP contribution in [0.5, 0.6) is 0 Å². The molecule has 1 aliphatic heterocycles. The SMILES string of the molecule is Cn1nc(C#N)cc1-c1cnc(NCC2C3=C(C=CC2F)OCC3)c2cnccc12. The molecular weight excluding hydrogens is 383 g/mol. The summed E-state index contributed by atoms with van der Waals surface area (Å²) < 4.78 is 21.8. The Morgan fingerprint density at radius 3 is 3.10 bits per heavy atom. The molecule has 8 heteroatoms. The number of aromatic nitrogens is 4. The van der Waals surface area contributed by atoms with Crippen LogP contribution in [0.3, 0.4) is 0 Å². The number of ether oxygens (including phenoxy) is 1. The highest BCUT2D eigenvalue weighted by molar-refractivity contribution is 6.00. The number of nitrogens with zero attached hydrogens (tertiary/aromatic N) is 5. The molecule has 0 aromatic carbocycles. The van der Waals surface area contributed by atoms with Gasteiger partial charge >= 0.3 is 0 Å². The van der Waals surface area contributed by atoms with Crippen molar-refractivity contribution in [2.75, 3.05) is 18.5 Å². The number of nitrogens with one attached hydrogen (secondary N) is 1. The zero-order valence-corrected chi connectivity index (χ0v) is 16.3. The molecule has 7 nitrogen and oxygen atoms in total. The van der Waals surface area contributed by atoms with E-state index in [2.05, 4.69) is 26.5 Å². The lowest BCUT2D eigenvalue weighted by Gasteiger charge is -2.24. The highest BCUT2D eigenvalue weighted by Gasteiger charge is 2.32. The van der Waals surface area contributed by atoms with Gasteiger partial charge in [0.05, 0.1) is 12.3 Å². The number of allylic oxidation sites excluding steroid dienone is 2. The van der Waals surface area contributed by atoms with E-state index >= 15 is 0 Å². The van der Waals surface area contributed by atoms with Crippen molar-refractivity contribution in [2.45, 2.75) is 12.6 Å². The summed E-state index contributed by atoms with van der Waals surface area (Å²) in [5.74, 6) is 1.17. The third kappa shape index (κ3) is 2.99. The van der Waals surface area contributed by atoms with E-state index in [1.165, 1.54) is 0 Å². The molecule has 0 saturated carbocycles. The van der Waals surface area contributed by atoms with Gasteiger partial charge in [-0.25, -0.2) is 9.37 Å².